The highest BCUT2D eigenvalue weighted by Crippen LogP contribution is 2.31. The van der Waals surface area contributed by atoms with Crippen LogP contribution in [0.2, 0.25) is 0 Å². The summed E-state index contributed by atoms with van der Waals surface area (Å²) in [6.07, 6.45) is 1.03. The maximum atomic E-state index is 11.9. The zero-order chi connectivity index (χ0) is 12.4. The van der Waals surface area contributed by atoms with Crippen molar-refractivity contribution < 1.29 is 4.79 Å². The van der Waals surface area contributed by atoms with E-state index in [1.165, 1.54) is 5.56 Å². The van der Waals surface area contributed by atoms with E-state index in [1.807, 2.05) is 11.0 Å². The number of nitrogens with zero attached hydrogens (tertiary/aromatic N) is 1. The molecule has 0 aliphatic carbocycles. The minimum atomic E-state index is -0.396. The van der Waals surface area contributed by atoms with Crippen molar-refractivity contribution in [1.29, 1.82) is 0 Å². The lowest BCUT2D eigenvalue weighted by atomic mass is 9.97. The number of carbonyl (C=O) groups excluding carboxylic acids is 1. The highest BCUT2D eigenvalue weighted by atomic mass is 16.2. The predicted octanol–water partition coefficient (Wildman–Crippen LogP) is 1.74. The van der Waals surface area contributed by atoms with E-state index in [2.05, 4.69) is 31.2 Å². The van der Waals surface area contributed by atoms with Crippen LogP contribution < -0.4 is 5.73 Å². The molecule has 0 saturated carbocycles. The fourth-order valence-electron chi connectivity index (χ4n) is 2.57. The van der Waals surface area contributed by atoms with Crippen molar-refractivity contribution in [1.82, 2.24) is 4.90 Å². The maximum Gasteiger partial charge on any atom is 0.239 e. The smallest absolute Gasteiger partial charge is 0.239 e. The van der Waals surface area contributed by atoms with Crippen molar-refractivity contribution in [2.45, 2.75) is 38.3 Å². The van der Waals surface area contributed by atoms with Gasteiger partial charge in [-0.05, 0) is 25.8 Å². The molecule has 17 heavy (non-hydrogen) atoms. The molecular weight excluding hydrogens is 212 g/mol. The summed E-state index contributed by atoms with van der Waals surface area (Å²) < 4.78 is 0. The molecule has 1 fully saturated rings. The standard InChI is InChI=1S/C14H20N2O/c1-10-8-13(12-6-4-3-5-7-12)9-16(10)14(17)11(2)15/h3-7,10-11,13H,8-9,15H2,1-2H3/t10?,11-,13?/m0/s1. The van der Waals surface area contributed by atoms with Crippen molar-refractivity contribution in [2.24, 2.45) is 5.73 Å². The molecule has 3 nitrogen and oxygen atoms in total. The van der Waals surface area contributed by atoms with Gasteiger partial charge in [-0.25, -0.2) is 0 Å². The number of amides is 1. The number of nitrogens with two attached hydrogens (primary N) is 1. The van der Waals surface area contributed by atoms with Gasteiger partial charge in [0.15, 0.2) is 0 Å². The first-order chi connectivity index (χ1) is 8.09. The van der Waals surface area contributed by atoms with E-state index in [0.717, 1.165) is 13.0 Å². The van der Waals surface area contributed by atoms with Gasteiger partial charge in [0.2, 0.25) is 5.91 Å². The third-order valence-corrected chi connectivity index (χ3v) is 3.52. The molecule has 92 valence electrons. The Morgan fingerprint density at radius 2 is 2.06 bits per heavy atom. The van der Waals surface area contributed by atoms with Gasteiger partial charge in [-0.1, -0.05) is 30.3 Å². The van der Waals surface area contributed by atoms with Gasteiger partial charge in [0, 0.05) is 18.5 Å². The number of rotatable bonds is 2. The van der Waals surface area contributed by atoms with Gasteiger partial charge in [0.25, 0.3) is 0 Å². The summed E-state index contributed by atoms with van der Waals surface area (Å²) >= 11 is 0. The second-order valence-corrected chi connectivity index (χ2v) is 4.97. The summed E-state index contributed by atoms with van der Waals surface area (Å²) in [7, 11) is 0. The Balaban J connectivity index is 2.10. The van der Waals surface area contributed by atoms with Crippen LogP contribution in [0.3, 0.4) is 0 Å². The Bertz CT molecular complexity index is 388. The first kappa shape index (κ1) is 12.1. The number of hydrogen-bond donors (Lipinski definition) is 1. The Kier molecular flexibility index (Phi) is 3.48. The molecule has 0 spiro atoms. The topological polar surface area (TPSA) is 46.3 Å². The summed E-state index contributed by atoms with van der Waals surface area (Å²) in [5, 5.41) is 0. The molecule has 1 saturated heterocycles. The lowest BCUT2D eigenvalue weighted by Gasteiger charge is -2.23. The van der Waals surface area contributed by atoms with Crippen LogP contribution in [-0.4, -0.2) is 29.4 Å². The molecule has 2 unspecified atom stereocenters. The Labute approximate surface area is 103 Å². The minimum absolute atomic E-state index is 0.0657. The van der Waals surface area contributed by atoms with Crippen molar-refractivity contribution in [3.63, 3.8) is 0 Å². The maximum absolute atomic E-state index is 11.9. The van der Waals surface area contributed by atoms with Gasteiger partial charge in [0.05, 0.1) is 6.04 Å². The summed E-state index contributed by atoms with van der Waals surface area (Å²) in [6, 6.07) is 10.3. The van der Waals surface area contributed by atoms with E-state index < -0.39 is 6.04 Å². The van der Waals surface area contributed by atoms with Crippen LogP contribution in [0.15, 0.2) is 30.3 Å². The average Bonchev–Trinajstić information content (AvgIpc) is 2.71. The summed E-state index contributed by atoms with van der Waals surface area (Å²) in [5.74, 6) is 0.518. The fourth-order valence-corrected chi connectivity index (χ4v) is 2.57. The van der Waals surface area contributed by atoms with Crippen LogP contribution in [0.4, 0.5) is 0 Å². The SMILES string of the molecule is CC1CC(c2ccccc2)CN1C(=O)[C@H](C)N. The number of carbonyl (C=O) groups is 1. The van der Waals surface area contributed by atoms with Crippen LogP contribution in [0, 0.1) is 0 Å². The molecule has 1 aliphatic rings. The molecule has 1 aromatic carbocycles. The van der Waals surface area contributed by atoms with Crippen LogP contribution in [0.25, 0.3) is 0 Å². The first-order valence-electron chi connectivity index (χ1n) is 6.20. The largest absolute Gasteiger partial charge is 0.338 e. The van der Waals surface area contributed by atoms with E-state index in [-0.39, 0.29) is 5.91 Å². The van der Waals surface area contributed by atoms with Crippen molar-refractivity contribution in [3.05, 3.63) is 35.9 Å². The van der Waals surface area contributed by atoms with E-state index in [9.17, 15) is 4.79 Å². The summed E-state index contributed by atoms with van der Waals surface area (Å²) in [4.78, 5) is 13.9. The molecule has 0 aromatic heterocycles. The zero-order valence-corrected chi connectivity index (χ0v) is 10.5. The van der Waals surface area contributed by atoms with Gasteiger partial charge < -0.3 is 10.6 Å². The lowest BCUT2D eigenvalue weighted by Crippen LogP contribution is -2.43. The lowest BCUT2D eigenvalue weighted by molar-refractivity contribution is -0.132. The molecule has 1 aromatic rings. The second kappa shape index (κ2) is 4.88. The average molecular weight is 232 g/mol. The number of hydrogen-bond acceptors (Lipinski definition) is 2. The first-order valence-corrected chi connectivity index (χ1v) is 6.20. The molecule has 3 atom stereocenters. The third kappa shape index (κ3) is 2.50. The van der Waals surface area contributed by atoms with E-state index in [1.54, 1.807) is 6.92 Å². The summed E-state index contributed by atoms with van der Waals surface area (Å²) in [5.41, 5.74) is 6.99. The molecule has 0 radical (unpaired) electrons. The normalized spacial score (nSPS) is 25.9. The highest BCUT2D eigenvalue weighted by Gasteiger charge is 2.33. The Morgan fingerprint density at radius 1 is 1.41 bits per heavy atom. The molecule has 3 heteroatoms. The third-order valence-electron chi connectivity index (χ3n) is 3.52. The van der Waals surface area contributed by atoms with Crippen molar-refractivity contribution in [2.75, 3.05) is 6.54 Å². The molecular formula is C14H20N2O. The van der Waals surface area contributed by atoms with Gasteiger partial charge in [0.1, 0.15) is 0 Å². The monoisotopic (exact) mass is 232 g/mol. The zero-order valence-electron chi connectivity index (χ0n) is 10.5. The molecule has 0 bridgehead atoms. The molecule has 1 heterocycles. The quantitative estimate of drug-likeness (QED) is 0.844. The van der Waals surface area contributed by atoms with Crippen LogP contribution in [0.5, 0.6) is 0 Å². The molecule has 2 rings (SSSR count). The second-order valence-electron chi connectivity index (χ2n) is 4.97. The Hall–Kier alpha value is -1.35. The van der Waals surface area contributed by atoms with Gasteiger partial charge in [-0.2, -0.15) is 0 Å². The summed E-state index contributed by atoms with van der Waals surface area (Å²) in [6.45, 7) is 4.65. The molecule has 1 amide bonds. The van der Waals surface area contributed by atoms with Crippen molar-refractivity contribution in [3.8, 4) is 0 Å². The van der Waals surface area contributed by atoms with Crippen LogP contribution in [0.1, 0.15) is 31.7 Å². The molecule has 1 aliphatic heterocycles. The van der Waals surface area contributed by atoms with Gasteiger partial charge >= 0.3 is 0 Å². The Morgan fingerprint density at radius 3 is 2.65 bits per heavy atom. The number of likely N-dealkylation sites (tertiary alicyclic amines) is 1. The van der Waals surface area contributed by atoms with Gasteiger partial charge in [-0.15, -0.1) is 0 Å². The van der Waals surface area contributed by atoms with E-state index in [4.69, 9.17) is 5.73 Å². The number of benzene rings is 1. The van der Waals surface area contributed by atoms with E-state index in [0.29, 0.717) is 12.0 Å². The molecule has 2 N–H and O–H groups in total. The van der Waals surface area contributed by atoms with E-state index >= 15 is 0 Å². The predicted molar refractivity (Wildman–Crippen MR) is 68.6 cm³/mol. The van der Waals surface area contributed by atoms with Gasteiger partial charge in [-0.3, -0.25) is 4.79 Å². The van der Waals surface area contributed by atoms with Crippen LogP contribution >= 0.6 is 0 Å². The minimum Gasteiger partial charge on any atom is -0.338 e. The van der Waals surface area contributed by atoms with Crippen LogP contribution in [-0.2, 0) is 4.79 Å². The fraction of sp³-hybridized carbons (Fsp3) is 0.500. The van der Waals surface area contributed by atoms with Crippen molar-refractivity contribution >= 4 is 5.91 Å². The highest BCUT2D eigenvalue weighted by molar-refractivity contribution is 5.81.